The van der Waals surface area contributed by atoms with E-state index in [1.54, 1.807) is 18.5 Å². The Morgan fingerprint density at radius 3 is 2.96 bits per heavy atom. The molecule has 2 atom stereocenters. The minimum absolute atomic E-state index is 0.0568. The molecule has 7 heteroatoms. The van der Waals surface area contributed by atoms with Gasteiger partial charge in [0.05, 0.1) is 23.0 Å². The molecule has 3 aromatic heterocycles. The third-order valence-electron chi connectivity index (χ3n) is 4.63. The first-order chi connectivity index (χ1) is 11.6. The van der Waals surface area contributed by atoms with E-state index in [1.165, 1.54) is 6.20 Å². The first-order valence-corrected chi connectivity index (χ1v) is 8.32. The molecule has 1 aliphatic carbocycles. The van der Waals surface area contributed by atoms with Gasteiger partial charge in [-0.3, -0.25) is 0 Å². The van der Waals surface area contributed by atoms with Crippen molar-refractivity contribution in [3.05, 3.63) is 41.2 Å². The maximum atomic E-state index is 14.1. The number of hydrogen-bond acceptors (Lipinski definition) is 4. The molecule has 0 radical (unpaired) electrons. The molecule has 0 amide bonds. The molecule has 2 N–H and O–H groups in total. The van der Waals surface area contributed by atoms with E-state index in [4.69, 9.17) is 11.6 Å². The van der Waals surface area contributed by atoms with Crippen LogP contribution in [0, 0.1) is 11.7 Å². The maximum absolute atomic E-state index is 14.1. The Morgan fingerprint density at radius 1 is 1.29 bits per heavy atom. The van der Waals surface area contributed by atoms with Gasteiger partial charge in [-0.05, 0) is 31.2 Å². The molecule has 1 aliphatic rings. The molecule has 5 nitrogen and oxygen atoms in total. The first kappa shape index (κ1) is 15.5. The van der Waals surface area contributed by atoms with Crippen molar-refractivity contribution in [3.8, 4) is 11.4 Å². The van der Waals surface area contributed by atoms with Crippen molar-refractivity contribution in [1.29, 1.82) is 0 Å². The monoisotopic (exact) mass is 346 g/mol. The maximum Gasteiger partial charge on any atom is 0.163 e. The number of rotatable bonds is 3. The van der Waals surface area contributed by atoms with Crippen LogP contribution in [0.4, 0.5) is 4.39 Å². The zero-order chi connectivity index (χ0) is 16.7. The van der Waals surface area contributed by atoms with Gasteiger partial charge in [0.15, 0.2) is 11.6 Å². The molecule has 0 spiro atoms. The molecule has 0 bridgehead atoms. The molecule has 124 valence electrons. The van der Waals surface area contributed by atoms with E-state index in [0.29, 0.717) is 28.6 Å². The van der Waals surface area contributed by atoms with Crippen LogP contribution in [-0.2, 0) is 6.42 Å². The van der Waals surface area contributed by atoms with Gasteiger partial charge in [-0.2, -0.15) is 0 Å². The van der Waals surface area contributed by atoms with Crippen LogP contribution in [0.1, 0.15) is 25.0 Å². The van der Waals surface area contributed by atoms with Gasteiger partial charge in [0.2, 0.25) is 0 Å². The molecular weight excluding hydrogens is 331 g/mol. The largest absolute Gasteiger partial charge is 0.393 e. The number of aliphatic hydroxyl groups excluding tert-OH is 1. The topological polar surface area (TPSA) is 74.7 Å². The highest BCUT2D eigenvalue weighted by Gasteiger charge is 2.27. The van der Waals surface area contributed by atoms with Crippen molar-refractivity contribution in [2.75, 3.05) is 0 Å². The number of H-pyrrole nitrogens is 1. The number of pyridine rings is 1. The Balaban J connectivity index is 1.73. The summed E-state index contributed by atoms with van der Waals surface area (Å²) >= 11 is 6.02. The van der Waals surface area contributed by atoms with E-state index in [2.05, 4.69) is 19.9 Å². The third kappa shape index (κ3) is 2.76. The molecule has 1 fully saturated rings. The van der Waals surface area contributed by atoms with Gasteiger partial charge < -0.3 is 10.1 Å². The summed E-state index contributed by atoms with van der Waals surface area (Å²) in [6.07, 6.45) is 7.18. The summed E-state index contributed by atoms with van der Waals surface area (Å²) in [5.41, 5.74) is 1.75. The second-order valence-corrected chi connectivity index (χ2v) is 6.64. The summed E-state index contributed by atoms with van der Waals surface area (Å²) in [7, 11) is 0. The highest BCUT2D eigenvalue weighted by Crippen LogP contribution is 2.31. The van der Waals surface area contributed by atoms with Gasteiger partial charge in [0.25, 0.3) is 0 Å². The van der Waals surface area contributed by atoms with Gasteiger partial charge in [-0.15, -0.1) is 0 Å². The van der Waals surface area contributed by atoms with Gasteiger partial charge in [0, 0.05) is 23.3 Å². The van der Waals surface area contributed by atoms with Crippen LogP contribution in [0.15, 0.2) is 24.7 Å². The lowest BCUT2D eigenvalue weighted by Gasteiger charge is -2.14. The fraction of sp³-hybridized carbons (Fsp3) is 0.353. The molecule has 24 heavy (non-hydrogen) atoms. The highest BCUT2D eigenvalue weighted by atomic mass is 35.5. The quantitative estimate of drug-likeness (QED) is 0.761. The zero-order valence-corrected chi connectivity index (χ0v) is 13.6. The lowest BCUT2D eigenvalue weighted by Crippen LogP contribution is -2.17. The number of nitrogens with one attached hydrogen (secondary N) is 1. The number of aromatic amines is 1. The summed E-state index contributed by atoms with van der Waals surface area (Å²) in [5, 5.41) is 11.3. The minimum atomic E-state index is -0.436. The smallest absolute Gasteiger partial charge is 0.163 e. The highest BCUT2D eigenvalue weighted by molar-refractivity contribution is 6.31. The average Bonchev–Trinajstić information content (AvgIpc) is 3.16. The van der Waals surface area contributed by atoms with Crippen molar-refractivity contribution in [2.24, 2.45) is 5.92 Å². The normalized spacial score (nSPS) is 20.8. The van der Waals surface area contributed by atoms with E-state index in [9.17, 15) is 9.50 Å². The summed E-state index contributed by atoms with van der Waals surface area (Å²) < 4.78 is 14.1. The van der Waals surface area contributed by atoms with Crippen LogP contribution in [0.5, 0.6) is 0 Å². The van der Waals surface area contributed by atoms with Crippen LogP contribution in [0.3, 0.4) is 0 Å². The molecule has 4 rings (SSSR count). The van der Waals surface area contributed by atoms with E-state index in [1.807, 2.05) is 0 Å². The molecule has 3 heterocycles. The van der Waals surface area contributed by atoms with E-state index >= 15 is 0 Å². The second-order valence-electron chi connectivity index (χ2n) is 6.20. The molecule has 3 aromatic rings. The predicted molar refractivity (Wildman–Crippen MR) is 89.1 cm³/mol. The number of aliphatic hydroxyl groups is 1. The van der Waals surface area contributed by atoms with Crippen LogP contribution in [-0.4, -0.2) is 31.1 Å². The Bertz CT molecular complexity index is 897. The lowest BCUT2D eigenvalue weighted by atomic mass is 9.99. The van der Waals surface area contributed by atoms with Crippen LogP contribution in [0.2, 0.25) is 5.02 Å². The van der Waals surface area contributed by atoms with E-state index in [-0.39, 0.29) is 12.0 Å². The van der Waals surface area contributed by atoms with Crippen molar-refractivity contribution in [2.45, 2.75) is 31.8 Å². The molecule has 1 saturated carbocycles. The number of halogens is 2. The predicted octanol–water partition coefficient (Wildman–Crippen LogP) is 3.52. The van der Waals surface area contributed by atoms with Crippen molar-refractivity contribution < 1.29 is 9.50 Å². The third-order valence-corrected chi connectivity index (χ3v) is 4.84. The number of nitrogens with zero attached hydrogens (tertiary/aromatic N) is 3. The van der Waals surface area contributed by atoms with Crippen LogP contribution >= 0.6 is 11.6 Å². The number of aromatic nitrogens is 4. The average molecular weight is 347 g/mol. The standard InChI is InChI=1S/C17H16ClFN4O/c18-10-5-11-12(7-21-16(11)20-6-10)17-22-8-13(19)14(23-17)4-9-2-1-3-15(9)24/h5-9,15,24H,1-4H2,(H,20,21). The Morgan fingerprint density at radius 2 is 2.17 bits per heavy atom. The zero-order valence-electron chi connectivity index (χ0n) is 12.8. The lowest BCUT2D eigenvalue weighted by molar-refractivity contribution is 0.131. The van der Waals surface area contributed by atoms with Gasteiger partial charge in [-0.1, -0.05) is 18.0 Å². The minimum Gasteiger partial charge on any atom is -0.393 e. The van der Waals surface area contributed by atoms with Gasteiger partial charge >= 0.3 is 0 Å². The van der Waals surface area contributed by atoms with Crippen LogP contribution in [0.25, 0.3) is 22.4 Å². The second kappa shape index (κ2) is 6.11. The summed E-state index contributed by atoms with van der Waals surface area (Å²) in [5.74, 6) is 0.0457. The summed E-state index contributed by atoms with van der Waals surface area (Å²) in [4.78, 5) is 15.8. The van der Waals surface area contributed by atoms with E-state index in [0.717, 1.165) is 30.2 Å². The fourth-order valence-electron chi connectivity index (χ4n) is 3.34. The van der Waals surface area contributed by atoms with Crippen molar-refractivity contribution in [3.63, 3.8) is 0 Å². The van der Waals surface area contributed by atoms with Crippen molar-refractivity contribution >= 4 is 22.6 Å². The molecule has 0 aromatic carbocycles. The fourth-order valence-corrected chi connectivity index (χ4v) is 3.50. The Labute approximate surface area is 142 Å². The number of fused-ring (bicyclic) bond motifs is 1. The number of hydrogen-bond donors (Lipinski definition) is 2. The Kier molecular flexibility index (Phi) is 3.94. The molecular formula is C17H16ClFN4O. The van der Waals surface area contributed by atoms with Gasteiger partial charge in [-0.25, -0.2) is 19.3 Å². The van der Waals surface area contributed by atoms with Crippen LogP contribution < -0.4 is 0 Å². The SMILES string of the molecule is OC1CCCC1Cc1nc(-c2c[nH]c3ncc(Cl)cc23)ncc1F. The molecule has 0 saturated heterocycles. The van der Waals surface area contributed by atoms with Crippen molar-refractivity contribution in [1.82, 2.24) is 19.9 Å². The molecule has 0 aliphatic heterocycles. The van der Waals surface area contributed by atoms with E-state index < -0.39 is 5.82 Å². The van der Waals surface area contributed by atoms with Gasteiger partial charge in [0.1, 0.15) is 5.65 Å². The Hall–Kier alpha value is -2.05. The summed E-state index contributed by atoms with van der Waals surface area (Å²) in [6.45, 7) is 0. The molecule has 2 unspecified atom stereocenters. The summed E-state index contributed by atoms with van der Waals surface area (Å²) in [6, 6.07) is 1.78. The first-order valence-electron chi connectivity index (χ1n) is 7.94.